The highest BCUT2D eigenvalue weighted by molar-refractivity contribution is 5.75. The quantitative estimate of drug-likeness (QED) is 0.512. The van der Waals surface area contributed by atoms with E-state index in [4.69, 9.17) is 4.74 Å². The fourth-order valence-electron chi connectivity index (χ4n) is 1.04. The van der Waals surface area contributed by atoms with E-state index in [1.165, 1.54) is 12.8 Å². The monoisotopic (exact) mass is 258 g/mol. The summed E-state index contributed by atoms with van der Waals surface area (Å²) in [5.41, 5.74) is 0. The molecule has 0 saturated heterocycles. The van der Waals surface area contributed by atoms with E-state index in [1.54, 1.807) is 6.92 Å². The minimum atomic E-state index is -0.103. The number of ketones is 1. The van der Waals surface area contributed by atoms with Crippen LogP contribution in [0.4, 0.5) is 0 Å². The van der Waals surface area contributed by atoms with Crippen LogP contribution in [0.3, 0.4) is 0 Å². The highest BCUT2D eigenvalue weighted by atomic mass is 16.5. The lowest BCUT2D eigenvalue weighted by atomic mass is 10.2. The van der Waals surface area contributed by atoms with Gasteiger partial charge < -0.3 is 9.53 Å². The van der Waals surface area contributed by atoms with Crippen molar-refractivity contribution >= 4 is 11.8 Å². The smallest absolute Gasteiger partial charge is 0.308 e. The Hall–Kier alpha value is -0.860. The van der Waals surface area contributed by atoms with Gasteiger partial charge in [0.1, 0.15) is 5.78 Å². The summed E-state index contributed by atoms with van der Waals surface area (Å²) in [7, 11) is 0. The van der Waals surface area contributed by atoms with Crippen molar-refractivity contribution in [3.8, 4) is 0 Å². The molecule has 18 heavy (non-hydrogen) atoms. The molecule has 0 bridgehead atoms. The zero-order chi connectivity index (χ0) is 14.6. The zero-order valence-corrected chi connectivity index (χ0v) is 12.9. The second-order valence-corrected chi connectivity index (χ2v) is 5.34. The molecule has 0 fully saturated rings. The summed E-state index contributed by atoms with van der Waals surface area (Å²) >= 11 is 0. The average Bonchev–Trinajstić information content (AvgIpc) is 2.26. The molecule has 0 aromatic rings. The van der Waals surface area contributed by atoms with Crippen molar-refractivity contribution in [3.63, 3.8) is 0 Å². The van der Waals surface area contributed by atoms with Crippen LogP contribution < -0.4 is 0 Å². The van der Waals surface area contributed by atoms with Crippen molar-refractivity contribution < 1.29 is 14.3 Å². The third kappa shape index (κ3) is 17.5. The van der Waals surface area contributed by atoms with E-state index < -0.39 is 0 Å². The zero-order valence-electron chi connectivity index (χ0n) is 12.9. The maximum atomic E-state index is 10.8. The summed E-state index contributed by atoms with van der Waals surface area (Å²) in [6, 6.07) is 0. The van der Waals surface area contributed by atoms with Crippen LogP contribution >= 0.6 is 0 Å². The number of esters is 1. The van der Waals surface area contributed by atoms with E-state index >= 15 is 0 Å². The fraction of sp³-hybridized carbons (Fsp3) is 0.867. The Bertz CT molecular complexity index is 220. The first-order valence-corrected chi connectivity index (χ1v) is 6.97. The standard InChI is InChI=1S/C8H16O2.C7H14O/c1-6(2)5-10-8(9)7(3)4;1-3-4-5-6-7(2)8/h6-7H,5H2,1-4H3;3-6H2,1-2H3. The summed E-state index contributed by atoms with van der Waals surface area (Å²) in [6.07, 6.45) is 4.24. The molecule has 0 aromatic heterocycles. The van der Waals surface area contributed by atoms with Crippen LogP contribution in [0.1, 0.15) is 67.2 Å². The molecule has 0 aromatic carbocycles. The van der Waals surface area contributed by atoms with Crippen molar-refractivity contribution in [3.05, 3.63) is 0 Å². The van der Waals surface area contributed by atoms with Gasteiger partial charge in [0, 0.05) is 6.42 Å². The van der Waals surface area contributed by atoms with Crippen LogP contribution in [0, 0.1) is 11.8 Å². The molecule has 3 nitrogen and oxygen atoms in total. The molecule has 0 aliphatic carbocycles. The van der Waals surface area contributed by atoms with Crippen LogP contribution in [0.5, 0.6) is 0 Å². The van der Waals surface area contributed by atoms with E-state index in [1.807, 2.05) is 27.7 Å². The highest BCUT2D eigenvalue weighted by Gasteiger charge is 2.07. The third-order valence-electron chi connectivity index (χ3n) is 2.16. The second-order valence-electron chi connectivity index (χ2n) is 5.34. The predicted octanol–water partition coefficient (Wildman–Crippen LogP) is 4.00. The molecular weight excluding hydrogens is 228 g/mol. The minimum Gasteiger partial charge on any atom is -0.465 e. The molecule has 0 saturated carbocycles. The van der Waals surface area contributed by atoms with Crippen LogP contribution in [-0.4, -0.2) is 18.4 Å². The SMILES string of the molecule is CC(C)COC(=O)C(C)C.CCCCCC(C)=O. The van der Waals surface area contributed by atoms with Gasteiger partial charge in [0.05, 0.1) is 12.5 Å². The molecule has 108 valence electrons. The predicted molar refractivity (Wildman–Crippen MR) is 75.5 cm³/mol. The number of ether oxygens (including phenoxy) is 1. The molecule has 0 rings (SSSR count). The van der Waals surface area contributed by atoms with Crippen molar-refractivity contribution in [2.75, 3.05) is 6.61 Å². The molecule has 0 amide bonds. The van der Waals surface area contributed by atoms with Crippen LogP contribution in [0.25, 0.3) is 0 Å². The Labute approximate surface area is 112 Å². The van der Waals surface area contributed by atoms with Gasteiger partial charge in [-0.15, -0.1) is 0 Å². The summed E-state index contributed by atoms with van der Waals surface area (Å²) in [5, 5.41) is 0. The molecule has 0 aliphatic heterocycles. The Morgan fingerprint density at radius 3 is 1.94 bits per heavy atom. The van der Waals surface area contributed by atoms with E-state index in [0.717, 1.165) is 12.8 Å². The highest BCUT2D eigenvalue weighted by Crippen LogP contribution is 1.99. The molecule has 0 N–H and O–H groups in total. The van der Waals surface area contributed by atoms with Crippen LogP contribution in [0.2, 0.25) is 0 Å². The van der Waals surface area contributed by atoms with Gasteiger partial charge in [-0.3, -0.25) is 4.79 Å². The Kier molecular flexibility index (Phi) is 13.6. The van der Waals surface area contributed by atoms with E-state index in [-0.39, 0.29) is 11.9 Å². The van der Waals surface area contributed by atoms with Gasteiger partial charge in [0.25, 0.3) is 0 Å². The number of carbonyl (C=O) groups excluding carboxylic acids is 2. The number of unbranched alkanes of at least 4 members (excludes halogenated alkanes) is 2. The first kappa shape index (κ1) is 19.5. The number of hydrogen-bond donors (Lipinski definition) is 0. The summed E-state index contributed by atoms with van der Waals surface area (Å²) in [4.78, 5) is 21.1. The van der Waals surface area contributed by atoms with Crippen molar-refractivity contribution in [1.82, 2.24) is 0 Å². The normalized spacial score (nSPS) is 10.0. The van der Waals surface area contributed by atoms with Crippen molar-refractivity contribution in [2.45, 2.75) is 67.2 Å². The molecule has 0 spiro atoms. The largest absolute Gasteiger partial charge is 0.465 e. The lowest BCUT2D eigenvalue weighted by molar-refractivity contribution is -0.148. The number of carbonyl (C=O) groups is 2. The number of hydrogen-bond acceptors (Lipinski definition) is 3. The summed E-state index contributed by atoms with van der Waals surface area (Å²) < 4.78 is 4.93. The minimum absolute atomic E-state index is 0.00116. The number of Topliss-reactive ketones (excluding diaryl/α,β-unsaturated/α-hetero) is 1. The molecule has 0 aliphatic rings. The van der Waals surface area contributed by atoms with Gasteiger partial charge in [0.15, 0.2) is 0 Å². The Balaban J connectivity index is 0. The topological polar surface area (TPSA) is 43.4 Å². The van der Waals surface area contributed by atoms with Crippen molar-refractivity contribution in [1.29, 1.82) is 0 Å². The van der Waals surface area contributed by atoms with Crippen LogP contribution in [-0.2, 0) is 14.3 Å². The van der Waals surface area contributed by atoms with Gasteiger partial charge in [-0.2, -0.15) is 0 Å². The molecule has 0 unspecified atom stereocenters. The maximum absolute atomic E-state index is 10.8. The number of rotatable bonds is 7. The average molecular weight is 258 g/mol. The first-order chi connectivity index (χ1) is 8.31. The fourth-order valence-corrected chi connectivity index (χ4v) is 1.04. The van der Waals surface area contributed by atoms with Gasteiger partial charge in [0.2, 0.25) is 0 Å². The first-order valence-electron chi connectivity index (χ1n) is 6.97. The lowest BCUT2D eigenvalue weighted by Gasteiger charge is -2.08. The molecule has 0 heterocycles. The molecule has 0 radical (unpaired) electrons. The molecular formula is C15H30O3. The summed E-state index contributed by atoms with van der Waals surface area (Å²) in [6.45, 7) is 12.0. The maximum Gasteiger partial charge on any atom is 0.308 e. The lowest BCUT2D eigenvalue weighted by Crippen LogP contribution is -2.14. The second kappa shape index (κ2) is 12.6. The van der Waals surface area contributed by atoms with Gasteiger partial charge in [-0.1, -0.05) is 47.5 Å². The van der Waals surface area contributed by atoms with Crippen LogP contribution in [0.15, 0.2) is 0 Å². The van der Waals surface area contributed by atoms with E-state index in [0.29, 0.717) is 18.3 Å². The molecule has 0 atom stereocenters. The van der Waals surface area contributed by atoms with E-state index in [2.05, 4.69) is 6.92 Å². The summed E-state index contributed by atoms with van der Waals surface area (Å²) in [5.74, 6) is 0.647. The molecule has 3 heteroatoms. The van der Waals surface area contributed by atoms with E-state index in [9.17, 15) is 9.59 Å². The third-order valence-corrected chi connectivity index (χ3v) is 2.16. The van der Waals surface area contributed by atoms with Crippen molar-refractivity contribution in [2.24, 2.45) is 11.8 Å². The van der Waals surface area contributed by atoms with Gasteiger partial charge >= 0.3 is 5.97 Å². The Morgan fingerprint density at radius 1 is 1.06 bits per heavy atom. The Morgan fingerprint density at radius 2 is 1.61 bits per heavy atom. The van der Waals surface area contributed by atoms with Gasteiger partial charge in [-0.05, 0) is 19.3 Å². The van der Waals surface area contributed by atoms with Gasteiger partial charge in [-0.25, -0.2) is 0 Å².